The van der Waals surface area contributed by atoms with Gasteiger partial charge in [0, 0.05) is 11.6 Å². The fourth-order valence-corrected chi connectivity index (χ4v) is 3.38. The number of hydrogen-bond acceptors (Lipinski definition) is 6. The van der Waals surface area contributed by atoms with Gasteiger partial charge in [-0.2, -0.15) is 5.26 Å². The number of benzene rings is 4. The Kier molecular flexibility index (Phi) is 5.47. The second-order valence-electron chi connectivity index (χ2n) is 7.12. The van der Waals surface area contributed by atoms with Crippen molar-refractivity contribution in [2.24, 2.45) is 0 Å². The normalized spacial score (nSPS) is 10.4. The topological polar surface area (TPSA) is 85.9 Å². The Morgan fingerprint density at radius 3 is 2.30 bits per heavy atom. The summed E-state index contributed by atoms with van der Waals surface area (Å²) in [6, 6.07) is 32.3. The van der Waals surface area contributed by atoms with E-state index in [9.17, 15) is 0 Å². The molecule has 1 aromatic heterocycles. The molecule has 0 aliphatic carbocycles. The largest absolute Gasteiger partial charge is 0.457 e. The first-order chi connectivity index (χ1) is 16.3. The summed E-state index contributed by atoms with van der Waals surface area (Å²) in [5.74, 6) is 2.64. The maximum atomic E-state index is 9.11. The first-order valence-electron chi connectivity index (χ1n) is 10.2. The first-order valence-corrected chi connectivity index (χ1v) is 10.2. The van der Waals surface area contributed by atoms with Crippen LogP contribution in [0.4, 0.5) is 0 Å². The van der Waals surface area contributed by atoms with Crippen LogP contribution >= 0.6 is 0 Å². The zero-order chi connectivity index (χ0) is 22.5. The summed E-state index contributed by atoms with van der Waals surface area (Å²) in [5.41, 5.74) is 3.20. The molecule has 0 unspecified atom stereocenters. The number of tetrazole rings is 1. The summed E-state index contributed by atoms with van der Waals surface area (Å²) in [6.45, 7) is 0. The third kappa shape index (κ3) is 4.55. The quantitative estimate of drug-likeness (QED) is 0.338. The Balaban J connectivity index is 1.43. The molecule has 5 aromatic rings. The van der Waals surface area contributed by atoms with Crippen LogP contribution in [0.1, 0.15) is 5.56 Å². The maximum absolute atomic E-state index is 9.11. The average molecular weight is 431 g/mol. The zero-order valence-electron chi connectivity index (χ0n) is 17.4. The number of rotatable bonds is 6. The highest BCUT2D eigenvalue weighted by Crippen LogP contribution is 2.36. The van der Waals surface area contributed by atoms with Gasteiger partial charge in [0.2, 0.25) is 0 Å². The highest BCUT2D eigenvalue weighted by atomic mass is 16.5. The minimum absolute atomic E-state index is 0.548. The number of ether oxygens (including phenoxy) is 2. The summed E-state index contributed by atoms with van der Waals surface area (Å²) in [5, 5.41) is 20.4. The molecular formula is C26H17N5O2. The molecule has 1 heterocycles. The SMILES string of the molecule is N#Cc1cccc(Oc2cccc(-c3ccccc3Oc3cccc(-n4cnnn4)c3)c2)c1. The molecule has 0 spiro atoms. The molecule has 0 saturated heterocycles. The summed E-state index contributed by atoms with van der Waals surface area (Å²) >= 11 is 0. The standard InChI is InChI=1S/C26H17N5O2/c27-17-19-6-3-9-22(14-19)32-23-10-4-7-20(15-23)25-12-1-2-13-26(25)33-24-11-5-8-21(16-24)31-18-28-29-30-31/h1-16,18H. The molecule has 0 aliphatic rings. The maximum Gasteiger partial charge on any atom is 0.143 e. The van der Waals surface area contributed by atoms with Crippen molar-refractivity contribution >= 4 is 0 Å². The first kappa shape index (κ1) is 20.0. The molecule has 33 heavy (non-hydrogen) atoms. The van der Waals surface area contributed by atoms with E-state index in [4.69, 9.17) is 14.7 Å². The van der Waals surface area contributed by atoms with Crippen molar-refractivity contribution in [1.82, 2.24) is 20.2 Å². The Hall–Kier alpha value is -4.96. The number of para-hydroxylation sites is 1. The lowest BCUT2D eigenvalue weighted by molar-refractivity contribution is 0.481. The number of hydrogen-bond donors (Lipinski definition) is 0. The van der Waals surface area contributed by atoms with E-state index in [2.05, 4.69) is 21.6 Å². The van der Waals surface area contributed by atoms with Crippen molar-refractivity contribution in [2.45, 2.75) is 0 Å². The highest BCUT2D eigenvalue weighted by Gasteiger charge is 2.10. The molecule has 0 bridgehead atoms. The van der Waals surface area contributed by atoms with Gasteiger partial charge in [-0.05, 0) is 64.5 Å². The number of nitrogens with zero attached hydrogens (tertiary/aromatic N) is 5. The molecule has 0 N–H and O–H groups in total. The van der Waals surface area contributed by atoms with Crippen LogP contribution in [0.2, 0.25) is 0 Å². The van der Waals surface area contributed by atoms with Gasteiger partial charge < -0.3 is 9.47 Å². The van der Waals surface area contributed by atoms with E-state index in [1.165, 1.54) is 6.33 Å². The lowest BCUT2D eigenvalue weighted by atomic mass is 10.0. The monoisotopic (exact) mass is 431 g/mol. The van der Waals surface area contributed by atoms with Gasteiger partial charge >= 0.3 is 0 Å². The number of nitriles is 1. The van der Waals surface area contributed by atoms with E-state index in [1.807, 2.05) is 78.9 Å². The van der Waals surface area contributed by atoms with Crippen molar-refractivity contribution in [3.63, 3.8) is 0 Å². The second-order valence-corrected chi connectivity index (χ2v) is 7.12. The van der Waals surface area contributed by atoms with Gasteiger partial charge in [0.25, 0.3) is 0 Å². The van der Waals surface area contributed by atoms with Gasteiger partial charge in [0.1, 0.15) is 29.3 Å². The van der Waals surface area contributed by atoms with Crippen molar-refractivity contribution in [3.05, 3.63) is 109 Å². The molecule has 0 aliphatic heterocycles. The molecule has 0 radical (unpaired) electrons. The van der Waals surface area contributed by atoms with Crippen LogP contribution < -0.4 is 9.47 Å². The van der Waals surface area contributed by atoms with Crippen molar-refractivity contribution in [3.8, 4) is 45.9 Å². The van der Waals surface area contributed by atoms with E-state index in [0.29, 0.717) is 28.6 Å². The molecule has 7 nitrogen and oxygen atoms in total. The van der Waals surface area contributed by atoms with Crippen LogP contribution in [-0.4, -0.2) is 20.2 Å². The van der Waals surface area contributed by atoms with Crippen LogP contribution in [-0.2, 0) is 0 Å². The van der Waals surface area contributed by atoms with E-state index < -0.39 is 0 Å². The van der Waals surface area contributed by atoms with E-state index in [-0.39, 0.29) is 0 Å². The summed E-state index contributed by atoms with van der Waals surface area (Å²) in [6.07, 6.45) is 1.53. The summed E-state index contributed by atoms with van der Waals surface area (Å²) in [4.78, 5) is 0. The van der Waals surface area contributed by atoms with E-state index in [0.717, 1.165) is 16.8 Å². The third-order valence-corrected chi connectivity index (χ3v) is 4.89. The van der Waals surface area contributed by atoms with Crippen LogP contribution in [0.3, 0.4) is 0 Å². The van der Waals surface area contributed by atoms with E-state index >= 15 is 0 Å². The Labute approximate surface area is 190 Å². The molecule has 7 heteroatoms. The number of aromatic nitrogens is 4. The lowest BCUT2D eigenvalue weighted by Gasteiger charge is -2.13. The van der Waals surface area contributed by atoms with Crippen LogP contribution in [0.5, 0.6) is 23.0 Å². The smallest absolute Gasteiger partial charge is 0.143 e. The Bertz CT molecular complexity index is 1440. The van der Waals surface area contributed by atoms with Crippen LogP contribution in [0.25, 0.3) is 16.8 Å². The van der Waals surface area contributed by atoms with Crippen molar-refractivity contribution in [2.75, 3.05) is 0 Å². The van der Waals surface area contributed by atoms with Crippen LogP contribution in [0.15, 0.2) is 103 Å². The van der Waals surface area contributed by atoms with Crippen molar-refractivity contribution in [1.29, 1.82) is 5.26 Å². The molecule has 0 saturated carbocycles. The molecule has 0 fully saturated rings. The molecule has 0 atom stereocenters. The zero-order valence-corrected chi connectivity index (χ0v) is 17.4. The predicted molar refractivity (Wildman–Crippen MR) is 122 cm³/mol. The summed E-state index contributed by atoms with van der Waals surface area (Å²) in [7, 11) is 0. The average Bonchev–Trinajstić information content (AvgIpc) is 3.40. The van der Waals surface area contributed by atoms with Gasteiger partial charge in [-0.25, -0.2) is 4.68 Å². The van der Waals surface area contributed by atoms with Crippen molar-refractivity contribution < 1.29 is 9.47 Å². The van der Waals surface area contributed by atoms with Gasteiger partial charge in [-0.15, -0.1) is 5.10 Å². The molecule has 158 valence electrons. The van der Waals surface area contributed by atoms with Gasteiger partial charge in [-0.1, -0.05) is 42.5 Å². The summed E-state index contributed by atoms with van der Waals surface area (Å²) < 4.78 is 13.8. The van der Waals surface area contributed by atoms with Gasteiger partial charge in [-0.3, -0.25) is 0 Å². The fraction of sp³-hybridized carbons (Fsp3) is 0. The fourth-order valence-electron chi connectivity index (χ4n) is 3.38. The molecule has 5 rings (SSSR count). The third-order valence-electron chi connectivity index (χ3n) is 4.89. The lowest BCUT2D eigenvalue weighted by Crippen LogP contribution is -1.96. The minimum Gasteiger partial charge on any atom is -0.457 e. The van der Waals surface area contributed by atoms with E-state index in [1.54, 1.807) is 22.9 Å². The Morgan fingerprint density at radius 2 is 1.48 bits per heavy atom. The van der Waals surface area contributed by atoms with Gasteiger partial charge in [0.05, 0.1) is 17.3 Å². The van der Waals surface area contributed by atoms with Gasteiger partial charge in [0.15, 0.2) is 0 Å². The second kappa shape index (κ2) is 9.04. The molecular weight excluding hydrogens is 414 g/mol. The molecule has 0 amide bonds. The predicted octanol–water partition coefficient (Wildman–Crippen LogP) is 5.79. The van der Waals surface area contributed by atoms with Crippen LogP contribution in [0, 0.1) is 11.3 Å². The molecule has 4 aromatic carbocycles. The highest BCUT2D eigenvalue weighted by molar-refractivity contribution is 5.72. The Morgan fingerprint density at radius 1 is 0.727 bits per heavy atom. The minimum atomic E-state index is 0.548.